The lowest BCUT2D eigenvalue weighted by Gasteiger charge is -2.21. The summed E-state index contributed by atoms with van der Waals surface area (Å²) in [5.74, 6) is 0. The van der Waals surface area contributed by atoms with E-state index in [1.807, 2.05) is 86.3 Å². The highest BCUT2D eigenvalue weighted by atomic mass is 32.2. The smallest absolute Gasteiger partial charge is 0.282 e. The average Bonchev–Trinajstić information content (AvgIpc) is 2.80. The summed E-state index contributed by atoms with van der Waals surface area (Å²) >= 11 is 0. The van der Waals surface area contributed by atoms with Crippen molar-refractivity contribution in [2.45, 2.75) is 25.7 Å². The van der Waals surface area contributed by atoms with Gasteiger partial charge < -0.3 is 4.90 Å². The summed E-state index contributed by atoms with van der Waals surface area (Å²) in [6.07, 6.45) is 0. The second-order valence-corrected chi connectivity index (χ2v) is 11.7. The molecule has 0 amide bonds. The standard InChI is InChI=1S/C25H27N2O2PS/c1-4-27(5-2)20-21-30(23-12-8-6-9-13-23,24-14-10-7-11-15-24)26-31(28,29)25-18-16-22(3)17-19-25/h6-19H,4-5H2,1-3H3. The molecule has 6 heteroatoms. The average molecular weight is 451 g/mol. The minimum atomic E-state index is -3.94. The van der Waals surface area contributed by atoms with Crippen molar-refractivity contribution in [1.82, 2.24) is 4.90 Å². The quantitative estimate of drug-likeness (QED) is 0.308. The van der Waals surface area contributed by atoms with E-state index < -0.39 is 17.1 Å². The molecular formula is C25H27N2O2PS. The molecule has 0 unspecified atom stereocenters. The zero-order valence-electron chi connectivity index (χ0n) is 18.1. The Balaban J connectivity index is 2.39. The second kappa shape index (κ2) is 10.0. The van der Waals surface area contributed by atoms with Gasteiger partial charge in [0.1, 0.15) is 7.05 Å². The van der Waals surface area contributed by atoms with Crippen LogP contribution in [-0.2, 0) is 10.0 Å². The number of hydrogen-bond donors (Lipinski definition) is 0. The fraction of sp³-hybridized carbons (Fsp3) is 0.200. The van der Waals surface area contributed by atoms with Gasteiger partial charge in [0, 0.05) is 29.7 Å². The molecule has 0 heterocycles. The molecule has 0 aromatic heterocycles. The van der Waals surface area contributed by atoms with Crippen molar-refractivity contribution in [3.63, 3.8) is 0 Å². The van der Waals surface area contributed by atoms with E-state index in [2.05, 4.69) is 15.9 Å². The van der Waals surface area contributed by atoms with Crippen molar-refractivity contribution < 1.29 is 8.42 Å². The van der Waals surface area contributed by atoms with Crippen molar-refractivity contribution in [2.24, 2.45) is 4.15 Å². The molecule has 31 heavy (non-hydrogen) atoms. The van der Waals surface area contributed by atoms with E-state index in [0.29, 0.717) is 0 Å². The van der Waals surface area contributed by atoms with Gasteiger partial charge >= 0.3 is 0 Å². The van der Waals surface area contributed by atoms with Crippen LogP contribution in [-0.4, -0.2) is 26.4 Å². The maximum Gasteiger partial charge on any atom is 0.282 e. The summed E-state index contributed by atoms with van der Waals surface area (Å²) in [6, 6.07) is 29.1. The van der Waals surface area contributed by atoms with Crippen LogP contribution in [0, 0.1) is 18.6 Å². The van der Waals surface area contributed by atoms with Gasteiger partial charge in [-0.2, -0.15) is 12.6 Å². The summed E-state index contributed by atoms with van der Waals surface area (Å²) in [7, 11) is -6.88. The zero-order valence-corrected chi connectivity index (χ0v) is 19.8. The van der Waals surface area contributed by atoms with Gasteiger partial charge in [-0.05, 0) is 38.6 Å². The molecule has 0 N–H and O–H groups in total. The summed E-state index contributed by atoms with van der Waals surface area (Å²) in [4.78, 5) is 2.15. The number of sulfonamides is 1. The predicted molar refractivity (Wildman–Crippen MR) is 131 cm³/mol. The number of aryl methyl sites for hydroxylation is 1. The maximum atomic E-state index is 13.5. The zero-order chi connectivity index (χ0) is 22.3. The van der Waals surface area contributed by atoms with Crippen LogP contribution in [0.15, 0.2) is 94.0 Å². The lowest BCUT2D eigenvalue weighted by Crippen LogP contribution is -2.19. The molecule has 4 nitrogen and oxygen atoms in total. The molecule has 0 saturated heterocycles. The summed E-state index contributed by atoms with van der Waals surface area (Å²) in [6.45, 7) is 7.48. The van der Waals surface area contributed by atoms with Crippen LogP contribution in [0.2, 0.25) is 0 Å². The molecule has 0 saturated carbocycles. The monoisotopic (exact) mass is 450 g/mol. The van der Waals surface area contributed by atoms with Gasteiger partial charge in [0.2, 0.25) is 0 Å². The normalized spacial score (nSPS) is 11.3. The van der Waals surface area contributed by atoms with Crippen LogP contribution in [0.5, 0.6) is 0 Å². The third-order valence-corrected chi connectivity index (χ3v) is 10.2. The minimum absolute atomic E-state index is 0.180. The number of benzene rings is 3. The first-order valence-corrected chi connectivity index (χ1v) is 13.4. The number of nitrogens with zero attached hydrogens (tertiary/aromatic N) is 2. The van der Waals surface area contributed by atoms with E-state index in [9.17, 15) is 8.42 Å². The van der Waals surface area contributed by atoms with E-state index in [1.54, 1.807) is 24.3 Å². The molecule has 0 atom stereocenters. The van der Waals surface area contributed by atoms with Crippen LogP contribution < -0.4 is 10.6 Å². The highest BCUT2D eigenvalue weighted by Gasteiger charge is 2.28. The Bertz CT molecular complexity index is 1180. The van der Waals surface area contributed by atoms with Crippen LogP contribution in [0.1, 0.15) is 19.4 Å². The largest absolute Gasteiger partial charge is 0.333 e. The topological polar surface area (TPSA) is 49.7 Å². The maximum absolute atomic E-state index is 13.5. The molecule has 3 aromatic carbocycles. The molecule has 0 bridgehead atoms. The number of hydrogen-bond acceptors (Lipinski definition) is 3. The van der Waals surface area contributed by atoms with Gasteiger partial charge in [-0.25, -0.2) is 0 Å². The Kier molecular flexibility index (Phi) is 7.38. The van der Waals surface area contributed by atoms with Gasteiger partial charge in [-0.1, -0.05) is 78.4 Å². The molecular weight excluding hydrogens is 423 g/mol. The first-order valence-electron chi connectivity index (χ1n) is 10.3. The Hall–Kier alpha value is -2.80. The molecule has 3 aromatic rings. The molecule has 0 spiro atoms. The molecule has 0 aliphatic carbocycles. The van der Waals surface area contributed by atoms with E-state index in [0.717, 1.165) is 29.3 Å². The van der Waals surface area contributed by atoms with E-state index in [4.69, 9.17) is 0 Å². The minimum Gasteiger partial charge on any atom is -0.333 e. The fourth-order valence-corrected chi connectivity index (χ4v) is 8.24. The highest BCUT2D eigenvalue weighted by Crippen LogP contribution is 2.48. The van der Waals surface area contributed by atoms with Crippen molar-refractivity contribution in [2.75, 3.05) is 13.1 Å². The van der Waals surface area contributed by atoms with Crippen LogP contribution >= 0.6 is 7.05 Å². The summed E-state index contributed by atoms with van der Waals surface area (Å²) in [5.41, 5.74) is 4.34. The number of rotatable bonds is 6. The van der Waals surface area contributed by atoms with Crippen molar-refractivity contribution in [1.29, 1.82) is 0 Å². The van der Waals surface area contributed by atoms with Crippen LogP contribution in [0.4, 0.5) is 0 Å². The Morgan fingerprint density at radius 2 is 1.29 bits per heavy atom. The van der Waals surface area contributed by atoms with Crippen molar-refractivity contribution in [3.8, 4) is 11.7 Å². The highest BCUT2D eigenvalue weighted by molar-refractivity contribution is 7.98. The molecule has 0 aliphatic heterocycles. The Labute approximate surface area is 186 Å². The molecule has 0 radical (unpaired) electrons. The lowest BCUT2D eigenvalue weighted by atomic mass is 10.2. The molecule has 0 aliphatic rings. The van der Waals surface area contributed by atoms with E-state index >= 15 is 0 Å². The first kappa shape index (κ1) is 22.9. The lowest BCUT2D eigenvalue weighted by molar-refractivity contribution is 0.444. The molecule has 3 rings (SSSR count). The summed E-state index contributed by atoms with van der Waals surface area (Å²) < 4.78 is 31.5. The SMILES string of the molecule is CCN(C#CP(=NS(=O)(=O)c1ccc(C)cc1)(c1ccccc1)c1ccccc1)CC. The van der Waals surface area contributed by atoms with Crippen LogP contribution in [0.3, 0.4) is 0 Å². The second-order valence-electron chi connectivity index (χ2n) is 7.07. The molecule has 0 fully saturated rings. The van der Waals surface area contributed by atoms with Crippen molar-refractivity contribution >= 4 is 27.7 Å². The van der Waals surface area contributed by atoms with E-state index in [-0.39, 0.29) is 4.90 Å². The fourth-order valence-electron chi connectivity index (χ4n) is 3.12. The van der Waals surface area contributed by atoms with Gasteiger partial charge in [0.25, 0.3) is 10.0 Å². The predicted octanol–water partition coefficient (Wildman–Crippen LogP) is 4.80. The van der Waals surface area contributed by atoms with Gasteiger partial charge in [0.15, 0.2) is 0 Å². The van der Waals surface area contributed by atoms with Gasteiger partial charge in [0.05, 0.1) is 4.90 Å². The van der Waals surface area contributed by atoms with Gasteiger partial charge in [-0.15, -0.1) is 0 Å². The first-order chi connectivity index (χ1) is 14.9. The van der Waals surface area contributed by atoms with Gasteiger partial charge in [-0.3, -0.25) is 0 Å². The Morgan fingerprint density at radius 1 is 0.806 bits per heavy atom. The molecule has 160 valence electrons. The van der Waals surface area contributed by atoms with Crippen LogP contribution in [0.25, 0.3) is 0 Å². The third kappa shape index (κ3) is 5.28. The van der Waals surface area contributed by atoms with E-state index in [1.165, 1.54) is 0 Å². The van der Waals surface area contributed by atoms with Crippen molar-refractivity contribution in [3.05, 3.63) is 90.5 Å². The third-order valence-electron chi connectivity index (χ3n) is 4.94. The Morgan fingerprint density at radius 3 is 1.74 bits per heavy atom. The summed E-state index contributed by atoms with van der Waals surface area (Å²) in [5, 5.41) is 1.63.